The molecular weight excluding hydrogens is 330 g/mol. The Kier molecular flexibility index (Phi) is 3.26. The summed E-state index contributed by atoms with van der Waals surface area (Å²) in [6.45, 7) is 0. The molecular formula is C7H6BrN5O2S2. The minimum absolute atomic E-state index is 0.0776. The van der Waals surface area contributed by atoms with Gasteiger partial charge < -0.3 is 5.73 Å². The summed E-state index contributed by atoms with van der Waals surface area (Å²) in [5, 5.41) is 6.90. The lowest BCUT2D eigenvalue weighted by molar-refractivity contribution is 0.601. The van der Waals surface area contributed by atoms with Crippen LogP contribution in [0, 0.1) is 0 Å². The highest BCUT2D eigenvalue weighted by molar-refractivity contribution is 9.10. The van der Waals surface area contributed by atoms with Gasteiger partial charge in [0.25, 0.3) is 10.0 Å². The van der Waals surface area contributed by atoms with Crippen molar-refractivity contribution in [2.45, 2.75) is 4.90 Å². The average Bonchev–Trinajstić information content (AvgIpc) is 2.73. The van der Waals surface area contributed by atoms with Gasteiger partial charge in [-0.15, -0.1) is 0 Å². The third kappa shape index (κ3) is 2.70. The van der Waals surface area contributed by atoms with Gasteiger partial charge in [-0.05, 0) is 39.3 Å². The predicted octanol–water partition coefficient (Wildman–Crippen LogP) is 1.08. The van der Waals surface area contributed by atoms with Crippen LogP contribution in [-0.2, 0) is 10.0 Å². The molecule has 7 nitrogen and oxygen atoms in total. The monoisotopic (exact) mass is 335 g/mol. The number of aromatic nitrogens is 3. The Balaban J connectivity index is 2.35. The summed E-state index contributed by atoms with van der Waals surface area (Å²) in [4.78, 5) is 0.0776. The molecule has 0 saturated heterocycles. The lowest BCUT2D eigenvalue weighted by atomic mass is 10.3. The molecule has 17 heavy (non-hydrogen) atoms. The molecule has 2 rings (SSSR count). The number of anilines is 2. The normalized spacial score (nSPS) is 11.4. The van der Waals surface area contributed by atoms with E-state index in [2.05, 4.69) is 35.5 Å². The van der Waals surface area contributed by atoms with Gasteiger partial charge in [0.2, 0.25) is 5.13 Å². The number of nitrogen functional groups attached to an aromatic ring is 1. The number of rotatable bonds is 3. The molecule has 2 aromatic rings. The van der Waals surface area contributed by atoms with Crippen molar-refractivity contribution >= 4 is 48.3 Å². The second kappa shape index (κ2) is 4.55. The Hall–Kier alpha value is -1.26. The van der Waals surface area contributed by atoms with Crippen molar-refractivity contribution in [3.8, 4) is 0 Å². The Morgan fingerprint density at radius 2 is 2.18 bits per heavy atom. The number of benzene rings is 1. The summed E-state index contributed by atoms with van der Waals surface area (Å²) in [6.07, 6.45) is 0. The predicted molar refractivity (Wildman–Crippen MR) is 67.1 cm³/mol. The van der Waals surface area contributed by atoms with Gasteiger partial charge in [-0.2, -0.15) is 0 Å². The van der Waals surface area contributed by atoms with Crippen LogP contribution in [0.3, 0.4) is 0 Å². The van der Waals surface area contributed by atoms with E-state index in [4.69, 9.17) is 5.73 Å². The zero-order valence-corrected chi connectivity index (χ0v) is 11.4. The van der Waals surface area contributed by atoms with Gasteiger partial charge in [-0.25, -0.2) is 8.42 Å². The lowest BCUT2D eigenvalue weighted by Gasteiger charge is -2.05. The standard InChI is InChI=1S/C7H6BrN5O2S2/c8-5-3-4(1-2-6(5)9)17(14,15)11-7-10-12-13-16-7/h1-3H,9H2,(H,10,11,13). The molecule has 90 valence electrons. The van der Waals surface area contributed by atoms with E-state index in [1.54, 1.807) is 0 Å². The van der Waals surface area contributed by atoms with Crippen LogP contribution < -0.4 is 10.5 Å². The van der Waals surface area contributed by atoms with Crippen LogP contribution in [0.1, 0.15) is 0 Å². The van der Waals surface area contributed by atoms with E-state index in [0.717, 1.165) is 11.5 Å². The Labute approximate surface area is 109 Å². The van der Waals surface area contributed by atoms with Gasteiger partial charge in [-0.3, -0.25) is 4.72 Å². The van der Waals surface area contributed by atoms with Gasteiger partial charge in [-0.1, -0.05) is 9.59 Å². The molecule has 0 aliphatic rings. The van der Waals surface area contributed by atoms with Gasteiger partial charge >= 0.3 is 0 Å². The van der Waals surface area contributed by atoms with Crippen molar-refractivity contribution in [2.24, 2.45) is 0 Å². The third-order valence-electron chi connectivity index (χ3n) is 1.80. The molecule has 1 aromatic heterocycles. The minimum Gasteiger partial charge on any atom is -0.398 e. The maximum absolute atomic E-state index is 11.9. The topological polar surface area (TPSA) is 111 Å². The van der Waals surface area contributed by atoms with Gasteiger partial charge in [0.05, 0.1) is 4.90 Å². The van der Waals surface area contributed by atoms with E-state index in [-0.39, 0.29) is 10.0 Å². The molecule has 0 aliphatic carbocycles. The summed E-state index contributed by atoms with van der Waals surface area (Å²) in [5.41, 5.74) is 6.04. The van der Waals surface area contributed by atoms with Gasteiger partial charge in [0.15, 0.2) is 0 Å². The fourth-order valence-corrected chi connectivity index (χ4v) is 3.16. The fourth-order valence-electron chi connectivity index (χ4n) is 1.02. The molecule has 3 N–H and O–H groups in total. The molecule has 0 bridgehead atoms. The van der Waals surface area contributed by atoms with Crippen molar-refractivity contribution in [1.82, 2.24) is 14.8 Å². The largest absolute Gasteiger partial charge is 0.398 e. The molecule has 1 heterocycles. The number of hydrogen-bond donors (Lipinski definition) is 2. The first-order chi connectivity index (χ1) is 7.99. The number of sulfonamides is 1. The number of nitrogens with two attached hydrogens (primary N) is 1. The van der Waals surface area contributed by atoms with Crippen LogP contribution in [0.15, 0.2) is 27.6 Å². The molecule has 0 unspecified atom stereocenters. The Bertz CT molecular complexity index is 628. The molecule has 1 aromatic carbocycles. The quantitative estimate of drug-likeness (QED) is 0.812. The Morgan fingerprint density at radius 1 is 1.41 bits per heavy atom. The van der Waals surface area contributed by atoms with Crippen molar-refractivity contribution in [3.05, 3.63) is 22.7 Å². The maximum Gasteiger partial charge on any atom is 0.263 e. The van der Waals surface area contributed by atoms with E-state index in [1.807, 2.05) is 0 Å². The van der Waals surface area contributed by atoms with Crippen LogP contribution in [0.2, 0.25) is 0 Å². The van der Waals surface area contributed by atoms with Crippen LogP contribution in [0.4, 0.5) is 10.8 Å². The van der Waals surface area contributed by atoms with Crippen LogP contribution in [0.5, 0.6) is 0 Å². The average molecular weight is 336 g/mol. The minimum atomic E-state index is -3.69. The van der Waals surface area contributed by atoms with Gasteiger partial charge in [0, 0.05) is 21.7 Å². The molecule has 0 amide bonds. The van der Waals surface area contributed by atoms with E-state index in [0.29, 0.717) is 10.2 Å². The van der Waals surface area contributed by atoms with E-state index in [9.17, 15) is 8.42 Å². The molecule has 0 spiro atoms. The molecule has 10 heteroatoms. The fraction of sp³-hybridized carbons (Fsp3) is 0. The first-order valence-corrected chi connectivity index (χ1v) is 7.27. The zero-order valence-electron chi connectivity index (χ0n) is 8.16. The van der Waals surface area contributed by atoms with E-state index >= 15 is 0 Å². The van der Waals surface area contributed by atoms with Crippen molar-refractivity contribution in [1.29, 1.82) is 0 Å². The number of nitrogens with zero attached hydrogens (tertiary/aromatic N) is 3. The van der Waals surface area contributed by atoms with Crippen LogP contribution >= 0.6 is 27.5 Å². The van der Waals surface area contributed by atoms with Gasteiger partial charge in [0.1, 0.15) is 0 Å². The summed E-state index contributed by atoms with van der Waals surface area (Å²) in [6, 6.07) is 4.31. The number of halogens is 1. The highest BCUT2D eigenvalue weighted by Gasteiger charge is 2.17. The Morgan fingerprint density at radius 3 is 2.76 bits per heavy atom. The molecule has 0 saturated carbocycles. The highest BCUT2D eigenvalue weighted by Crippen LogP contribution is 2.24. The first-order valence-electron chi connectivity index (χ1n) is 4.22. The smallest absolute Gasteiger partial charge is 0.263 e. The second-order valence-corrected chi connectivity index (χ2v) is 6.23. The van der Waals surface area contributed by atoms with E-state index in [1.165, 1.54) is 18.2 Å². The highest BCUT2D eigenvalue weighted by atomic mass is 79.9. The van der Waals surface area contributed by atoms with Crippen LogP contribution in [-0.4, -0.2) is 23.2 Å². The number of nitrogens with one attached hydrogen (secondary N) is 1. The third-order valence-corrected chi connectivity index (χ3v) is 4.47. The molecule has 0 aliphatic heterocycles. The summed E-state index contributed by atoms with van der Waals surface area (Å²) < 4.78 is 30.0. The lowest BCUT2D eigenvalue weighted by Crippen LogP contribution is -2.13. The SMILES string of the molecule is Nc1ccc(S(=O)(=O)Nc2nnns2)cc1Br. The summed E-state index contributed by atoms with van der Waals surface area (Å²) >= 11 is 4.01. The first kappa shape index (κ1) is 12.2. The van der Waals surface area contributed by atoms with Crippen molar-refractivity contribution < 1.29 is 8.42 Å². The molecule has 0 fully saturated rings. The number of hydrogen-bond acceptors (Lipinski definition) is 7. The maximum atomic E-state index is 11.9. The molecule has 0 atom stereocenters. The molecule has 0 radical (unpaired) electrons. The van der Waals surface area contributed by atoms with E-state index < -0.39 is 10.0 Å². The van der Waals surface area contributed by atoms with Crippen molar-refractivity contribution in [2.75, 3.05) is 10.5 Å². The van der Waals surface area contributed by atoms with Crippen LogP contribution in [0.25, 0.3) is 0 Å². The van der Waals surface area contributed by atoms with Crippen molar-refractivity contribution in [3.63, 3.8) is 0 Å². The summed E-state index contributed by atoms with van der Waals surface area (Å²) in [7, 11) is -3.69. The zero-order chi connectivity index (χ0) is 12.5. The second-order valence-electron chi connectivity index (χ2n) is 2.96. The summed E-state index contributed by atoms with van der Waals surface area (Å²) in [5.74, 6) is 0.